The van der Waals surface area contributed by atoms with Gasteiger partial charge in [0.1, 0.15) is 5.51 Å². The van der Waals surface area contributed by atoms with Crippen LogP contribution in [0.5, 0.6) is 0 Å². The zero-order chi connectivity index (χ0) is 16.3. The van der Waals surface area contributed by atoms with Gasteiger partial charge in [-0.3, -0.25) is 10.1 Å². The first-order chi connectivity index (χ1) is 10.4. The summed E-state index contributed by atoms with van der Waals surface area (Å²) in [5.41, 5.74) is 7.30. The number of nitrogens with one attached hydrogen (secondary N) is 1. The molecule has 2 aromatic rings. The fourth-order valence-corrected chi connectivity index (χ4v) is 2.56. The maximum Gasteiger partial charge on any atom is 0.279 e. The number of carbonyl (C=O) groups excluding carboxylic acids is 1. The van der Waals surface area contributed by atoms with Crippen molar-refractivity contribution >= 4 is 45.6 Å². The van der Waals surface area contributed by atoms with Crippen molar-refractivity contribution in [2.24, 2.45) is 5.92 Å². The molecule has 1 amide bonds. The van der Waals surface area contributed by atoms with Gasteiger partial charge in [-0.05, 0) is 5.92 Å². The Hall–Kier alpha value is -2.00. The van der Waals surface area contributed by atoms with Crippen LogP contribution in [-0.4, -0.2) is 39.7 Å². The van der Waals surface area contributed by atoms with Crippen molar-refractivity contribution in [3.8, 4) is 0 Å². The van der Waals surface area contributed by atoms with E-state index in [1.807, 2.05) is 11.9 Å². The maximum absolute atomic E-state index is 12.1. The predicted octanol–water partition coefficient (Wildman–Crippen LogP) is 1.91. The molecule has 0 aliphatic rings. The Morgan fingerprint density at radius 3 is 2.82 bits per heavy atom. The van der Waals surface area contributed by atoms with Gasteiger partial charge in [-0.25, -0.2) is 9.97 Å². The third-order valence-electron chi connectivity index (χ3n) is 2.66. The van der Waals surface area contributed by atoms with Gasteiger partial charge in [0, 0.05) is 13.6 Å². The Bertz CT molecular complexity index is 662. The summed E-state index contributed by atoms with van der Waals surface area (Å²) in [6, 6.07) is 0. The first kappa shape index (κ1) is 16.4. The third kappa shape index (κ3) is 3.80. The van der Waals surface area contributed by atoms with Gasteiger partial charge >= 0.3 is 0 Å². The number of carbonyl (C=O) groups is 1. The number of amides is 1. The molecule has 0 unspecified atom stereocenters. The largest absolute Gasteiger partial charge is 0.382 e. The zero-order valence-corrected chi connectivity index (χ0v) is 13.9. The van der Waals surface area contributed by atoms with Crippen LogP contribution >= 0.6 is 22.9 Å². The quantitative estimate of drug-likeness (QED) is 0.854. The second-order valence-corrected chi connectivity index (χ2v) is 6.24. The lowest BCUT2D eigenvalue weighted by atomic mass is 10.2. The lowest BCUT2D eigenvalue weighted by molar-refractivity contribution is 0.102. The van der Waals surface area contributed by atoms with Crippen molar-refractivity contribution < 1.29 is 4.79 Å². The Morgan fingerprint density at radius 2 is 2.23 bits per heavy atom. The molecule has 8 nitrogen and oxygen atoms in total. The summed E-state index contributed by atoms with van der Waals surface area (Å²) in [5, 5.41) is 10.4. The minimum Gasteiger partial charge on any atom is -0.382 e. The van der Waals surface area contributed by atoms with Crippen LogP contribution in [0.3, 0.4) is 0 Å². The fourth-order valence-electron chi connectivity index (χ4n) is 1.85. The van der Waals surface area contributed by atoms with Gasteiger partial charge in [0.15, 0.2) is 22.5 Å². The molecule has 3 N–H and O–H groups in total. The molecule has 10 heteroatoms. The third-order valence-corrected chi connectivity index (χ3v) is 3.52. The van der Waals surface area contributed by atoms with Crippen LogP contribution in [0, 0.1) is 5.92 Å². The van der Waals surface area contributed by atoms with Gasteiger partial charge < -0.3 is 10.6 Å². The molecule has 22 heavy (non-hydrogen) atoms. The van der Waals surface area contributed by atoms with Crippen molar-refractivity contribution in [3.05, 3.63) is 16.4 Å². The van der Waals surface area contributed by atoms with Gasteiger partial charge in [-0.2, -0.15) is 0 Å². The second-order valence-electron chi connectivity index (χ2n) is 5.04. The smallest absolute Gasteiger partial charge is 0.279 e. The summed E-state index contributed by atoms with van der Waals surface area (Å²) in [6.07, 6.45) is 0. The molecule has 0 fully saturated rings. The van der Waals surface area contributed by atoms with E-state index in [2.05, 4.69) is 39.3 Å². The average molecular weight is 342 g/mol. The number of nitrogens with zero attached hydrogens (tertiary/aromatic N) is 5. The van der Waals surface area contributed by atoms with Crippen molar-refractivity contribution in [2.75, 3.05) is 29.5 Å². The standard InChI is InChI=1S/C12H16ClN7OS/c1-6(2)4-20(3)10-8(13)16-7(9(14)17-10)11(21)18-12-19-15-5-22-12/h5-6H,4H2,1-3H3,(H2,14,17)(H,18,19,21). The highest BCUT2D eigenvalue weighted by Crippen LogP contribution is 2.24. The van der Waals surface area contributed by atoms with Crippen LogP contribution in [-0.2, 0) is 0 Å². The molecule has 0 aliphatic carbocycles. The Balaban J connectivity index is 2.24. The van der Waals surface area contributed by atoms with Crippen molar-refractivity contribution in [1.82, 2.24) is 20.2 Å². The number of anilines is 3. The van der Waals surface area contributed by atoms with Gasteiger partial charge in [0.2, 0.25) is 5.13 Å². The number of rotatable bonds is 5. The summed E-state index contributed by atoms with van der Waals surface area (Å²) < 4.78 is 0. The number of halogens is 1. The van der Waals surface area contributed by atoms with Crippen molar-refractivity contribution in [3.63, 3.8) is 0 Å². The van der Waals surface area contributed by atoms with E-state index in [9.17, 15) is 4.79 Å². The van der Waals surface area contributed by atoms with Crippen LogP contribution in [0.25, 0.3) is 0 Å². The van der Waals surface area contributed by atoms with E-state index >= 15 is 0 Å². The molecule has 0 spiro atoms. The molecule has 2 heterocycles. The normalized spacial score (nSPS) is 10.8. The van der Waals surface area contributed by atoms with Gasteiger partial charge in [0.05, 0.1) is 0 Å². The first-order valence-electron chi connectivity index (χ1n) is 6.50. The number of nitrogen functional groups attached to an aromatic ring is 1. The van der Waals surface area contributed by atoms with Crippen molar-refractivity contribution in [1.29, 1.82) is 0 Å². The van der Waals surface area contributed by atoms with E-state index in [1.165, 1.54) is 16.8 Å². The van der Waals surface area contributed by atoms with E-state index in [4.69, 9.17) is 17.3 Å². The van der Waals surface area contributed by atoms with E-state index < -0.39 is 5.91 Å². The van der Waals surface area contributed by atoms with Crippen LogP contribution in [0.4, 0.5) is 16.8 Å². The van der Waals surface area contributed by atoms with Crippen LogP contribution in [0.2, 0.25) is 5.15 Å². The van der Waals surface area contributed by atoms with Crippen LogP contribution in [0.15, 0.2) is 5.51 Å². The number of nitrogens with two attached hydrogens (primary N) is 1. The summed E-state index contributed by atoms with van der Waals surface area (Å²) in [7, 11) is 1.84. The van der Waals surface area contributed by atoms with Crippen LogP contribution < -0.4 is 16.0 Å². The highest BCUT2D eigenvalue weighted by Gasteiger charge is 2.20. The van der Waals surface area contributed by atoms with Gasteiger partial charge in [-0.1, -0.05) is 36.8 Å². The van der Waals surface area contributed by atoms with Crippen molar-refractivity contribution in [2.45, 2.75) is 13.8 Å². The molecule has 0 aromatic carbocycles. The van der Waals surface area contributed by atoms with Gasteiger partial charge in [-0.15, -0.1) is 10.2 Å². The monoisotopic (exact) mass is 341 g/mol. The number of aromatic nitrogens is 4. The van der Waals surface area contributed by atoms with E-state index in [-0.39, 0.29) is 16.7 Å². The Kier molecular flexibility index (Phi) is 5.09. The lowest BCUT2D eigenvalue weighted by Gasteiger charge is -2.21. The Labute approximate surface area is 136 Å². The zero-order valence-electron chi connectivity index (χ0n) is 12.4. The summed E-state index contributed by atoms with van der Waals surface area (Å²) >= 11 is 7.32. The molecular formula is C12H16ClN7OS. The topological polar surface area (TPSA) is 110 Å². The average Bonchev–Trinajstić information content (AvgIpc) is 2.92. The summed E-state index contributed by atoms with van der Waals surface area (Å²) in [6.45, 7) is 4.89. The molecule has 0 atom stereocenters. The highest BCUT2D eigenvalue weighted by molar-refractivity contribution is 7.13. The molecule has 0 radical (unpaired) electrons. The minimum atomic E-state index is -0.526. The molecule has 0 aliphatic heterocycles. The number of hydrogen-bond acceptors (Lipinski definition) is 8. The molecule has 0 saturated heterocycles. The summed E-state index contributed by atoms with van der Waals surface area (Å²) in [4.78, 5) is 22.2. The van der Waals surface area contributed by atoms with E-state index in [1.54, 1.807) is 0 Å². The molecule has 0 bridgehead atoms. The SMILES string of the molecule is CC(C)CN(C)c1nc(N)c(C(=O)Nc2nncs2)nc1Cl. The predicted molar refractivity (Wildman–Crippen MR) is 87.4 cm³/mol. The molecule has 2 rings (SSSR count). The highest BCUT2D eigenvalue weighted by atomic mass is 35.5. The van der Waals surface area contributed by atoms with Gasteiger partial charge in [0.25, 0.3) is 5.91 Å². The maximum atomic E-state index is 12.1. The van der Waals surface area contributed by atoms with Crippen LogP contribution in [0.1, 0.15) is 24.3 Å². The summed E-state index contributed by atoms with van der Waals surface area (Å²) in [5.74, 6) is 0.350. The second kappa shape index (κ2) is 6.84. The first-order valence-corrected chi connectivity index (χ1v) is 7.76. The molecular weight excluding hydrogens is 326 g/mol. The fraction of sp³-hybridized carbons (Fsp3) is 0.417. The Morgan fingerprint density at radius 1 is 1.50 bits per heavy atom. The lowest BCUT2D eigenvalue weighted by Crippen LogP contribution is -2.26. The number of hydrogen-bond donors (Lipinski definition) is 2. The molecule has 2 aromatic heterocycles. The molecule has 118 valence electrons. The minimum absolute atomic E-state index is 0.0111. The van der Waals surface area contributed by atoms with E-state index in [0.29, 0.717) is 16.9 Å². The van der Waals surface area contributed by atoms with E-state index in [0.717, 1.165) is 6.54 Å². The molecule has 0 saturated carbocycles.